The molecule has 0 radical (unpaired) electrons. The molecule has 0 aromatic heterocycles. The molecule has 2 unspecified atom stereocenters. The van der Waals surface area contributed by atoms with Crippen LogP contribution < -0.4 is 0 Å². The van der Waals surface area contributed by atoms with Crippen molar-refractivity contribution in [1.29, 1.82) is 0 Å². The van der Waals surface area contributed by atoms with E-state index in [1.807, 2.05) is 0 Å². The van der Waals surface area contributed by atoms with Crippen molar-refractivity contribution in [3.05, 3.63) is 34.9 Å². The molecule has 0 spiro atoms. The lowest BCUT2D eigenvalue weighted by atomic mass is 9.88. The Kier molecular flexibility index (Phi) is 3.97. The first-order valence-electron chi connectivity index (χ1n) is 6.23. The Labute approximate surface area is 110 Å². The second kappa shape index (κ2) is 5.50. The molecule has 5 nitrogen and oxygen atoms in total. The van der Waals surface area contributed by atoms with Gasteiger partial charge in [-0.25, -0.2) is 0 Å². The van der Waals surface area contributed by atoms with Crippen LogP contribution in [0.5, 0.6) is 0 Å². The standard InChI is InChI=1S/C14H16O5/c15-11-3-1-2-8-4-5-9(6-10(8)11)14(19)12(16)7-13(17)18/h4-6,12,14,16,19H,1-3,7H2,(H,17,18). The third-order valence-electron chi connectivity index (χ3n) is 3.37. The van der Waals surface area contributed by atoms with E-state index < -0.39 is 24.6 Å². The van der Waals surface area contributed by atoms with Gasteiger partial charge in [0.1, 0.15) is 6.10 Å². The summed E-state index contributed by atoms with van der Waals surface area (Å²) in [6, 6.07) is 4.96. The smallest absolute Gasteiger partial charge is 0.306 e. The Bertz CT molecular complexity index is 509. The number of carboxylic acids is 1. The van der Waals surface area contributed by atoms with Gasteiger partial charge in [-0.2, -0.15) is 0 Å². The van der Waals surface area contributed by atoms with Gasteiger partial charge < -0.3 is 15.3 Å². The number of carbonyl (C=O) groups is 2. The van der Waals surface area contributed by atoms with E-state index in [0.29, 0.717) is 17.5 Å². The molecule has 0 amide bonds. The summed E-state index contributed by atoms with van der Waals surface area (Å²) in [4.78, 5) is 22.3. The minimum Gasteiger partial charge on any atom is -0.481 e. The van der Waals surface area contributed by atoms with Crippen LogP contribution in [0.2, 0.25) is 0 Å². The summed E-state index contributed by atoms with van der Waals surface area (Å²) >= 11 is 0. The Hall–Kier alpha value is -1.72. The molecule has 1 aromatic rings. The van der Waals surface area contributed by atoms with Crippen molar-refractivity contribution in [2.75, 3.05) is 0 Å². The number of carbonyl (C=O) groups excluding carboxylic acids is 1. The molecule has 1 aliphatic rings. The Morgan fingerprint density at radius 2 is 2.00 bits per heavy atom. The van der Waals surface area contributed by atoms with E-state index in [4.69, 9.17) is 5.11 Å². The second-order valence-electron chi connectivity index (χ2n) is 4.80. The monoisotopic (exact) mass is 264 g/mol. The van der Waals surface area contributed by atoms with Gasteiger partial charge in [0.25, 0.3) is 0 Å². The minimum atomic E-state index is -1.38. The van der Waals surface area contributed by atoms with Crippen molar-refractivity contribution < 1.29 is 24.9 Å². The average molecular weight is 264 g/mol. The van der Waals surface area contributed by atoms with Gasteiger partial charge in [-0.05, 0) is 30.0 Å². The molecular weight excluding hydrogens is 248 g/mol. The van der Waals surface area contributed by atoms with E-state index in [1.165, 1.54) is 0 Å². The van der Waals surface area contributed by atoms with Gasteiger partial charge in [-0.15, -0.1) is 0 Å². The van der Waals surface area contributed by atoms with Crippen molar-refractivity contribution in [1.82, 2.24) is 0 Å². The first-order chi connectivity index (χ1) is 8.99. The predicted molar refractivity (Wildman–Crippen MR) is 66.9 cm³/mol. The first-order valence-corrected chi connectivity index (χ1v) is 6.23. The highest BCUT2D eigenvalue weighted by Crippen LogP contribution is 2.26. The molecule has 19 heavy (non-hydrogen) atoms. The highest BCUT2D eigenvalue weighted by Gasteiger charge is 2.24. The van der Waals surface area contributed by atoms with E-state index >= 15 is 0 Å². The van der Waals surface area contributed by atoms with Crippen LogP contribution in [0.15, 0.2) is 18.2 Å². The predicted octanol–water partition coefficient (Wildman–Crippen LogP) is 1.07. The molecule has 0 heterocycles. The Balaban J connectivity index is 2.23. The van der Waals surface area contributed by atoms with E-state index in [1.54, 1.807) is 18.2 Å². The van der Waals surface area contributed by atoms with Crippen LogP contribution in [0.1, 0.15) is 46.9 Å². The summed E-state index contributed by atoms with van der Waals surface area (Å²) in [5.74, 6) is -1.15. The topological polar surface area (TPSA) is 94.8 Å². The summed E-state index contributed by atoms with van der Waals surface area (Å²) in [5, 5.41) is 28.1. The van der Waals surface area contributed by atoms with Crippen molar-refractivity contribution in [2.45, 2.75) is 37.9 Å². The van der Waals surface area contributed by atoms with Crippen molar-refractivity contribution in [2.24, 2.45) is 0 Å². The number of aliphatic hydroxyl groups excluding tert-OH is 2. The van der Waals surface area contributed by atoms with Crippen LogP contribution in [0.4, 0.5) is 0 Å². The Morgan fingerprint density at radius 1 is 1.26 bits per heavy atom. The number of aryl methyl sites for hydroxylation is 1. The fraction of sp³-hybridized carbons (Fsp3) is 0.429. The number of fused-ring (bicyclic) bond motifs is 1. The fourth-order valence-corrected chi connectivity index (χ4v) is 2.34. The number of hydrogen-bond donors (Lipinski definition) is 3. The molecule has 2 atom stereocenters. The fourth-order valence-electron chi connectivity index (χ4n) is 2.34. The lowest BCUT2D eigenvalue weighted by Crippen LogP contribution is -2.22. The third-order valence-corrected chi connectivity index (χ3v) is 3.37. The summed E-state index contributed by atoms with van der Waals surface area (Å²) in [7, 11) is 0. The molecule has 102 valence electrons. The van der Waals surface area contributed by atoms with E-state index in [-0.39, 0.29) is 5.78 Å². The number of Topliss-reactive ketones (excluding diaryl/α,β-unsaturated/α-hetero) is 1. The van der Waals surface area contributed by atoms with Crippen molar-refractivity contribution in [3.63, 3.8) is 0 Å². The number of rotatable bonds is 4. The molecule has 3 N–H and O–H groups in total. The maximum Gasteiger partial charge on any atom is 0.306 e. The molecule has 0 saturated carbocycles. The molecule has 0 bridgehead atoms. The summed E-state index contributed by atoms with van der Waals surface area (Å²) in [6.45, 7) is 0. The minimum absolute atomic E-state index is 0.0306. The van der Waals surface area contributed by atoms with Crippen LogP contribution in [-0.4, -0.2) is 33.2 Å². The lowest BCUT2D eigenvalue weighted by Gasteiger charge is -2.20. The van der Waals surface area contributed by atoms with Crippen LogP contribution in [-0.2, 0) is 11.2 Å². The molecule has 1 aromatic carbocycles. The highest BCUT2D eigenvalue weighted by molar-refractivity contribution is 5.98. The molecular formula is C14H16O5. The third kappa shape index (κ3) is 3.00. The van der Waals surface area contributed by atoms with Crippen LogP contribution in [0.3, 0.4) is 0 Å². The molecule has 2 rings (SSSR count). The average Bonchev–Trinajstić information content (AvgIpc) is 2.37. The molecule has 1 aliphatic carbocycles. The number of carboxylic acid groups (broad SMARTS) is 1. The zero-order valence-electron chi connectivity index (χ0n) is 10.4. The molecule has 0 aliphatic heterocycles. The SMILES string of the molecule is O=C(O)CC(O)C(O)c1ccc2c(c1)C(=O)CCC2. The zero-order chi connectivity index (χ0) is 14.0. The van der Waals surface area contributed by atoms with Crippen molar-refractivity contribution >= 4 is 11.8 Å². The van der Waals surface area contributed by atoms with Crippen molar-refractivity contribution in [3.8, 4) is 0 Å². The van der Waals surface area contributed by atoms with E-state index in [0.717, 1.165) is 18.4 Å². The van der Waals surface area contributed by atoms with Gasteiger partial charge in [0.05, 0.1) is 12.5 Å². The first kappa shape index (κ1) is 13.7. The number of aliphatic hydroxyl groups is 2. The Morgan fingerprint density at radius 3 is 2.68 bits per heavy atom. The number of hydrogen-bond acceptors (Lipinski definition) is 4. The zero-order valence-corrected chi connectivity index (χ0v) is 10.4. The molecule has 5 heteroatoms. The largest absolute Gasteiger partial charge is 0.481 e. The molecule has 0 saturated heterocycles. The van der Waals surface area contributed by atoms with E-state index in [9.17, 15) is 19.8 Å². The highest BCUT2D eigenvalue weighted by atomic mass is 16.4. The quantitative estimate of drug-likeness (QED) is 0.756. The maximum absolute atomic E-state index is 11.8. The summed E-state index contributed by atoms with van der Waals surface area (Å²) in [5.41, 5.74) is 1.90. The molecule has 0 fully saturated rings. The van der Waals surface area contributed by atoms with Gasteiger partial charge >= 0.3 is 5.97 Å². The van der Waals surface area contributed by atoms with Gasteiger partial charge in [0, 0.05) is 12.0 Å². The number of ketones is 1. The van der Waals surface area contributed by atoms with E-state index in [2.05, 4.69) is 0 Å². The second-order valence-corrected chi connectivity index (χ2v) is 4.80. The van der Waals surface area contributed by atoms with Crippen LogP contribution in [0, 0.1) is 0 Å². The summed E-state index contributed by atoms with van der Waals surface area (Å²) in [6.07, 6.45) is -1.06. The van der Waals surface area contributed by atoms with Gasteiger partial charge in [-0.1, -0.05) is 12.1 Å². The van der Waals surface area contributed by atoms with Gasteiger partial charge in [-0.3, -0.25) is 9.59 Å². The number of aliphatic carboxylic acids is 1. The normalized spacial score (nSPS) is 17.7. The van der Waals surface area contributed by atoms with Gasteiger partial charge in [0.15, 0.2) is 5.78 Å². The summed E-state index contributed by atoms with van der Waals surface area (Å²) < 4.78 is 0. The van der Waals surface area contributed by atoms with Crippen LogP contribution >= 0.6 is 0 Å². The maximum atomic E-state index is 11.8. The van der Waals surface area contributed by atoms with Gasteiger partial charge in [0.2, 0.25) is 0 Å². The lowest BCUT2D eigenvalue weighted by molar-refractivity contribution is -0.141. The van der Waals surface area contributed by atoms with Crippen LogP contribution in [0.25, 0.3) is 0 Å². The number of benzene rings is 1.